The number of hydrogen-bond donors (Lipinski definition) is 0. The summed E-state index contributed by atoms with van der Waals surface area (Å²) in [6.07, 6.45) is -0.404. The first-order chi connectivity index (χ1) is 13.5. The highest BCUT2D eigenvalue weighted by Gasteiger charge is 2.22. The average Bonchev–Trinajstić information content (AvgIpc) is 3.06. The minimum atomic E-state index is -0.426. The Morgan fingerprint density at radius 2 is 1.32 bits per heavy atom. The van der Waals surface area contributed by atoms with Crippen molar-refractivity contribution in [1.29, 1.82) is 0 Å². The van der Waals surface area contributed by atoms with E-state index in [0.717, 1.165) is 15.7 Å². The Bertz CT molecular complexity index is 1210. The van der Waals surface area contributed by atoms with Crippen molar-refractivity contribution in [2.24, 2.45) is 21.1 Å². The topological polar surface area (TPSA) is 71.1 Å². The second-order valence-electron chi connectivity index (χ2n) is 6.65. The smallest absolute Gasteiger partial charge is 0.332 e. The molecule has 0 fully saturated rings. The molecule has 0 radical (unpaired) electrons. The highest BCUT2D eigenvalue weighted by Crippen LogP contribution is 2.28. The molecule has 4 aromatic rings. The third kappa shape index (κ3) is 2.81. The van der Waals surface area contributed by atoms with Gasteiger partial charge in [-0.3, -0.25) is 18.5 Å². The van der Waals surface area contributed by atoms with Crippen LogP contribution in [-0.2, 0) is 21.1 Å². The van der Waals surface area contributed by atoms with Gasteiger partial charge in [0.2, 0.25) is 0 Å². The lowest BCUT2D eigenvalue weighted by Gasteiger charge is -2.19. The molecule has 0 aliphatic heterocycles. The summed E-state index contributed by atoms with van der Waals surface area (Å²) in [5.41, 5.74) is 1.71. The first kappa shape index (κ1) is 17.8. The van der Waals surface area contributed by atoms with Crippen molar-refractivity contribution < 1.29 is 4.74 Å². The molecule has 7 nitrogen and oxygen atoms in total. The van der Waals surface area contributed by atoms with Crippen LogP contribution < -0.4 is 16.0 Å². The summed E-state index contributed by atoms with van der Waals surface area (Å²) >= 11 is 0. The number of imidazole rings is 1. The zero-order valence-corrected chi connectivity index (χ0v) is 15.9. The van der Waals surface area contributed by atoms with Gasteiger partial charge in [-0.2, -0.15) is 4.98 Å². The summed E-state index contributed by atoms with van der Waals surface area (Å²) in [4.78, 5) is 29.3. The van der Waals surface area contributed by atoms with E-state index in [1.165, 1.54) is 11.6 Å². The fourth-order valence-corrected chi connectivity index (χ4v) is 3.29. The van der Waals surface area contributed by atoms with Gasteiger partial charge in [-0.05, 0) is 11.1 Å². The van der Waals surface area contributed by atoms with E-state index in [1.54, 1.807) is 18.7 Å². The molecule has 0 spiro atoms. The van der Waals surface area contributed by atoms with Crippen LogP contribution in [0.3, 0.4) is 0 Å². The van der Waals surface area contributed by atoms with Crippen molar-refractivity contribution in [2.45, 2.75) is 6.10 Å². The second-order valence-corrected chi connectivity index (χ2v) is 6.65. The number of benzene rings is 2. The quantitative estimate of drug-likeness (QED) is 0.547. The third-order valence-corrected chi connectivity index (χ3v) is 4.86. The summed E-state index contributed by atoms with van der Waals surface area (Å²) in [5.74, 6) is 0. The molecule has 0 saturated carbocycles. The lowest BCUT2D eigenvalue weighted by molar-refractivity contribution is 0.220. The summed E-state index contributed by atoms with van der Waals surface area (Å²) in [5, 5.41) is 0. The van der Waals surface area contributed by atoms with Crippen LogP contribution in [0.4, 0.5) is 0 Å². The Morgan fingerprint density at radius 1 is 0.786 bits per heavy atom. The third-order valence-electron chi connectivity index (χ3n) is 4.86. The molecule has 0 atom stereocenters. The minimum Gasteiger partial charge on any atom is -0.451 e. The van der Waals surface area contributed by atoms with Gasteiger partial charge in [0.1, 0.15) is 0 Å². The number of rotatable bonds is 4. The molecule has 7 heteroatoms. The maximum absolute atomic E-state index is 12.6. The molecule has 2 heterocycles. The number of fused-ring (bicyclic) bond motifs is 1. The monoisotopic (exact) mass is 376 g/mol. The lowest BCUT2D eigenvalue weighted by atomic mass is 10.0. The first-order valence-electron chi connectivity index (χ1n) is 8.88. The van der Waals surface area contributed by atoms with E-state index in [4.69, 9.17) is 4.74 Å². The number of nitrogens with zero attached hydrogens (tertiary/aromatic N) is 4. The van der Waals surface area contributed by atoms with Crippen LogP contribution in [-0.4, -0.2) is 18.7 Å². The van der Waals surface area contributed by atoms with Gasteiger partial charge >= 0.3 is 5.69 Å². The minimum absolute atomic E-state index is 0.269. The highest BCUT2D eigenvalue weighted by atomic mass is 16.5. The van der Waals surface area contributed by atoms with Gasteiger partial charge in [0.15, 0.2) is 17.3 Å². The van der Waals surface area contributed by atoms with E-state index in [0.29, 0.717) is 11.2 Å². The molecule has 2 aromatic heterocycles. The van der Waals surface area contributed by atoms with Crippen molar-refractivity contribution in [3.05, 3.63) is 92.6 Å². The maximum atomic E-state index is 12.6. The van der Waals surface area contributed by atoms with Gasteiger partial charge in [0.25, 0.3) is 11.6 Å². The summed E-state index contributed by atoms with van der Waals surface area (Å²) in [6.45, 7) is 0. The van der Waals surface area contributed by atoms with Gasteiger partial charge in [-0.1, -0.05) is 60.7 Å². The molecule has 0 amide bonds. The number of aromatic nitrogens is 4. The van der Waals surface area contributed by atoms with Crippen LogP contribution >= 0.6 is 0 Å². The second kappa shape index (κ2) is 6.84. The standard InChI is InChI=1S/C21H20N4O3/c1-23-16-18(24(2)21(27)25(3)19(16)26)22-20(23)28-17(14-10-6-4-7-11-14)15-12-8-5-9-13-15/h4-13,17H,1-3H3. The Kier molecular flexibility index (Phi) is 4.35. The molecule has 4 rings (SSSR count). The molecule has 0 aliphatic rings. The fourth-order valence-electron chi connectivity index (χ4n) is 3.29. The number of aryl methyl sites for hydroxylation is 2. The zero-order chi connectivity index (χ0) is 19.8. The zero-order valence-electron chi connectivity index (χ0n) is 15.9. The van der Waals surface area contributed by atoms with Crippen LogP contribution in [0.5, 0.6) is 6.01 Å². The molecule has 2 aromatic carbocycles. The van der Waals surface area contributed by atoms with Gasteiger partial charge < -0.3 is 4.74 Å². The van der Waals surface area contributed by atoms with Crippen LogP contribution in [0.15, 0.2) is 70.3 Å². The van der Waals surface area contributed by atoms with Crippen molar-refractivity contribution >= 4 is 11.2 Å². The fraction of sp³-hybridized carbons (Fsp3) is 0.190. The van der Waals surface area contributed by atoms with Crippen molar-refractivity contribution in [3.63, 3.8) is 0 Å². The molecular weight excluding hydrogens is 356 g/mol. The number of ether oxygens (including phenoxy) is 1. The molecule has 28 heavy (non-hydrogen) atoms. The summed E-state index contributed by atoms with van der Waals surface area (Å²) in [6, 6.07) is 19.9. The van der Waals surface area contributed by atoms with Crippen molar-refractivity contribution in [2.75, 3.05) is 0 Å². The van der Waals surface area contributed by atoms with Crippen molar-refractivity contribution in [3.8, 4) is 6.01 Å². The first-order valence-corrected chi connectivity index (χ1v) is 8.88. The lowest BCUT2D eigenvalue weighted by Crippen LogP contribution is -2.37. The molecule has 0 aliphatic carbocycles. The molecular formula is C21H20N4O3. The van der Waals surface area contributed by atoms with E-state index >= 15 is 0 Å². The van der Waals surface area contributed by atoms with Crippen LogP contribution in [0.25, 0.3) is 11.2 Å². The predicted molar refractivity (Wildman–Crippen MR) is 107 cm³/mol. The maximum Gasteiger partial charge on any atom is 0.332 e. The number of hydrogen-bond acceptors (Lipinski definition) is 4. The van der Waals surface area contributed by atoms with E-state index < -0.39 is 17.4 Å². The molecule has 0 N–H and O–H groups in total. The average molecular weight is 376 g/mol. The van der Waals surface area contributed by atoms with Gasteiger partial charge in [-0.25, -0.2) is 4.79 Å². The van der Waals surface area contributed by atoms with Crippen molar-refractivity contribution in [1.82, 2.24) is 18.7 Å². The normalized spacial score (nSPS) is 11.3. The highest BCUT2D eigenvalue weighted by molar-refractivity contribution is 5.71. The summed E-state index contributed by atoms with van der Waals surface area (Å²) < 4.78 is 10.3. The Hall–Kier alpha value is -3.61. The van der Waals surface area contributed by atoms with Gasteiger partial charge in [0.05, 0.1) is 0 Å². The van der Waals surface area contributed by atoms with Crippen LogP contribution in [0.2, 0.25) is 0 Å². The van der Waals surface area contributed by atoms with E-state index in [-0.39, 0.29) is 6.01 Å². The SMILES string of the molecule is Cn1c(=O)c2c(nc(OC(c3ccccc3)c3ccccc3)n2C)n(C)c1=O. The van der Waals surface area contributed by atoms with Crippen LogP contribution in [0.1, 0.15) is 17.2 Å². The molecule has 0 unspecified atom stereocenters. The Balaban J connectivity index is 1.88. The molecule has 0 bridgehead atoms. The van der Waals surface area contributed by atoms with E-state index in [9.17, 15) is 9.59 Å². The van der Waals surface area contributed by atoms with Gasteiger partial charge in [0, 0.05) is 21.1 Å². The van der Waals surface area contributed by atoms with Gasteiger partial charge in [-0.15, -0.1) is 0 Å². The molecule has 0 saturated heterocycles. The Labute approximate surface area is 161 Å². The predicted octanol–water partition coefficient (Wildman–Crippen LogP) is 2.14. The molecule has 142 valence electrons. The van der Waals surface area contributed by atoms with E-state index in [1.807, 2.05) is 60.7 Å². The summed E-state index contributed by atoms with van der Waals surface area (Å²) in [7, 11) is 4.75. The Morgan fingerprint density at radius 3 is 1.86 bits per heavy atom. The van der Waals surface area contributed by atoms with E-state index in [2.05, 4.69) is 4.98 Å². The van der Waals surface area contributed by atoms with Crippen LogP contribution in [0, 0.1) is 0 Å². The largest absolute Gasteiger partial charge is 0.451 e.